The van der Waals surface area contributed by atoms with Crippen LogP contribution in [-0.4, -0.2) is 5.54 Å². The second kappa shape index (κ2) is 5.54. The summed E-state index contributed by atoms with van der Waals surface area (Å²) in [6.07, 6.45) is 3.38. The molecule has 18 heavy (non-hydrogen) atoms. The average Bonchev–Trinajstić information content (AvgIpc) is 2.42. The molecule has 0 amide bonds. The molecule has 1 fully saturated rings. The van der Waals surface area contributed by atoms with Crippen molar-refractivity contribution in [3.8, 4) is 6.07 Å². The summed E-state index contributed by atoms with van der Waals surface area (Å²) in [6, 6.07) is 12.9. The smallest absolute Gasteiger partial charge is 0.109 e. The quantitative estimate of drug-likeness (QED) is 0.880. The number of nitrogens with zero attached hydrogens (tertiary/aromatic N) is 1. The normalized spacial score (nSPS) is 31.8. The minimum Gasteiger partial charge on any atom is -0.295 e. The second-order valence-electron chi connectivity index (χ2n) is 5.58. The van der Waals surface area contributed by atoms with Crippen LogP contribution in [0.25, 0.3) is 0 Å². The zero-order valence-electron chi connectivity index (χ0n) is 11.3. The topological polar surface area (TPSA) is 35.8 Å². The summed E-state index contributed by atoms with van der Waals surface area (Å²) in [5.41, 5.74) is 0.908. The van der Waals surface area contributed by atoms with E-state index < -0.39 is 0 Å². The van der Waals surface area contributed by atoms with Crippen molar-refractivity contribution in [2.45, 2.75) is 45.2 Å². The molecule has 96 valence electrons. The highest BCUT2D eigenvalue weighted by Gasteiger charge is 2.41. The molecule has 0 radical (unpaired) electrons. The van der Waals surface area contributed by atoms with Crippen molar-refractivity contribution in [1.82, 2.24) is 5.32 Å². The van der Waals surface area contributed by atoms with Gasteiger partial charge in [-0.1, -0.05) is 57.0 Å². The first-order valence-electron chi connectivity index (χ1n) is 6.88. The first-order chi connectivity index (χ1) is 8.68. The predicted molar refractivity (Wildman–Crippen MR) is 73.8 cm³/mol. The molecular weight excluding hydrogens is 220 g/mol. The minimum absolute atomic E-state index is 0.340. The third kappa shape index (κ3) is 2.57. The zero-order valence-corrected chi connectivity index (χ0v) is 11.3. The van der Waals surface area contributed by atoms with Gasteiger partial charge in [0.05, 0.1) is 6.07 Å². The van der Waals surface area contributed by atoms with E-state index in [1.165, 1.54) is 12.0 Å². The molecule has 0 saturated heterocycles. The maximum absolute atomic E-state index is 9.60. The van der Waals surface area contributed by atoms with Crippen LogP contribution < -0.4 is 5.32 Å². The molecule has 0 bridgehead atoms. The van der Waals surface area contributed by atoms with Gasteiger partial charge in [-0.3, -0.25) is 5.32 Å². The van der Waals surface area contributed by atoms with Crippen molar-refractivity contribution >= 4 is 0 Å². The lowest BCUT2D eigenvalue weighted by Crippen LogP contribution is -2.53. The Morgan fingerprint density at radius 2 is 2.06 bits per heavy atom. The fourth-order valence-electron chi connectivity index (χ4n) is 2.97. The summed E-state index contributed by atoms with van der Waals surface area (Å²) in [5.74, 6) is 1.04. The summed E-state index contributed by atoms with van der Waals surface area (Å²) in [7, 11) is 0. The summed E-state index contributed by atoms with van der Waals surface area (Å²) in [5, 5.41) is 13.1. The van der Waals surface area contributed by atoms with Crippen LogP contribution in [-0.2, 0) is 6.54 Å². The van der Waals surface area contributed by atoms with Crippen LogP contribution in [0.15, 0.2) is 30.3 Å². The Kier molecular flexibility index (Phi) is 4.04. The molecule has 3 unspecified atom stereocenters. The molecule has 0 aliphatic heterocycles. The van der Waals surface area contributed by atoms with Gasteiger partial charge in [-0.2, -0.15) is 5.26 Å². The van der Waals surface area contributed by atoms with Crippen molar-refractivity contribution in [1.29, 1.82) is 5.26 Å². The van der Waals surface area contributed by atoms with Gasteiger partial charge >= 0.3 is 0 Å². The predicted octanol–water partition coefficient (Wildman–Crippen LogP) is 3.49. The molecule has 2 nitrogen and oxygen atoms in total. The fourth-order valence-corrected chi connectivity index (χ4v) is 2.97. The molecule has 0 spiro atoms. The van der Waals surface area contributed by atoms with E-state index in [0.29, 0.717) is 11.8 Å². The Bertz CT molecular complexity index is 420. The van der Waals surface area contributed by atoms with E-state index in [1.807, 2.05) is 18.2 Å². The zero-order chi connectivity index (χ0) is 13.0. The highest BCUT2D eigenvalue weighted by Crippen LogP contribution is 2.37. The number of nitrogens with one attached hydrogen (secondary N) is 1. The molecule has 1 aliphatic carbocycles. The van der Waals surface area contributed by atoms with E-state index in [2.05, 4.69) is 37.4 Å². The molecule has 1 aromatic rings. The first-order valence-corrected chi connectivity index (χ1v) is 6.88. The fraction of sp³-hybridized carbons (Fsp3) is 0.562. The van der Waals surface area contributed by atoms with Crippen LogP contribution in [0.2, 0.25) is 0 Å². The Labute approximate surface area is 110 Å². The van der Waals surface area contributed by atoms with Crippen LogP contribution in [0.1, 0.15) is 38.7 Å². The number of rotatable bonds is 3. The Morgan fingerprint density at radius 3 is 2.72 bits per heavy atom. The van der Waals surface area contributed by atoms with Gasteiger partial charge in [0.15, 0.2) is 0 Å². The van der Waals surface area contributed by atoms with E-state index >= 15 is 0 Å². The van der Waals surface area contributed by atoms with Gasteiger partial charge in [0.25, 0.3) is 0 Å². The van der Waals surface area contributed by atoms with Crippen molar-refractivity contribution < 1.29 is 0 Å². The molecule has 1 saturated carbocycles. The highest BCUT2D eigenvalue weighted by molar-refractivity contribution is 5.18. The third-order valence-electron chi connectivity index (χ3n) is 4.51. The molecule has 0 aromatic heterocycles. The van der Waals surface area contributed by atoms with Gasteiger partial charge < -0.3 is 0 Å². The lowest BCUT2D eigenvalue weighted by molar-refractivity contribution is 0.151. The monoisotopic (exact) mass is 242 g/mol. The molecule has 2 rings (SSSR count). The molecule has 3 atom stereocenters. The third-order valence-corrected chi connectivity index (χ3v) is 4.51. The highest BCUT2D eigenvalue weighted by atomic mass is 15.0. The van der Waals surface area contributed by atoms with Gasteiger partial charge in [-0.15, -0.1) is 0 Å². The van der Waals surface area contributed by atoms with E-state index in [9.17, 15) is 5.26 Å². The van der Waals surface area contributed by atoms with Crippen LogP contribution in [0.3, 0.4) is 0 Å². The molecule has 1 aliphatic rings. The number of hydrogen-bond acceptors (Lipinski definition) is 2. The van der Waals surface area contributed by atoms with Crippen LogP contribution in [0.5, 0.6) is 0 Å². The molecule has 1 N–H and O–H groups in total. The van der Waals surface area contributed by atoms with Crippen LogP contribution in [0.4, 0.5) is 0 Å². The summed E-state index contributed by atoms with van der Waals surface area (Å²) >= 11 is 0. The molecule has 0 heterocycles. The lowest BCUT2D eigenvalue weighted by atomic mass is 9.69. The number of nitriles is 1. The van der Waals surface area contributed by atoms with Gasteiger partial charge in [-0.25, -0.2) is 0 Å². The average molecular weight is 242 g/mol. The summed E-state index contributed by atoms with van der Waals surface area (Å²) < 4.78 is 0. The van der Waals surface area contributed by atoms with Crippen molar-refractivity contribution in [2.75, 3.05) is 0 Å². The number of hydrogen-bond donors (Lipinski definition) is 1. The molecular formula is C16H22N2. The van der Waals surface area contributed by atoms with Gasteiger partial charge in [0.1, 0.15) is 5.54 Å². The molecule has 1 aromatic carbocycles. The van der Waals surface area contributed by atoms with E-state index in [1.54, 1.807) is 0 Å². The first kappa shape index (κ1) is 13.1. The maximum Gasteiger partial charge on any atom is 0.109 e. The number of benzene rings is 1. The van der Waals surface area contributed by atoms with Gasteiger partial charge in [0, 0.05) is 6.54 Å². The SMILES string of the molecule is CC1CCCC(C#N)(NCc2ccccc2)C1C. The van der Waals surface area contributed by atoms with E-state index in [-0.39, 0.29) is 5.54 Å². The second-order valence-corrected chi connectivity index (χ2v) is 5.58. The lowest BCUT2D eigenvalue weighted by Gasteiger charge is -2.41. The summed E-state index contributed by atoms with van der Waals surface area (Å²) in [6.45, 7) is 5.26. The largest absolute Gasteiger partial charge is 0.295 e. The van der Waals surface area contributed by atoms with E-state index in [4.69, 9.17) is 0 Å². The Balaban J connectivity index is 2.07. The Hall–Kier alpha value is -1.33. The standard InChI is InChI=1S/C16H22N2/c1-13-7-6-10-16(12-17,14(13)2)18-11-15-8-4-3-5-9-15/h3-5,8-9,13-14,18H,6-7,10-11H2,1-2H3. The van der Waals surface area contributed by atoms with Gasteiger partial charge in [0.2, 0.25) is 0 Å². The minimum atomic E-state index is -0.340. The van der Waals surface area contributed by atoms with Crippen molar-refractivity contribution in [3.63, 3.8) is 0 Å². The van der Waals surface area contributed by atoms with Crippen molar-refractivity contribution in [3.05, 3.63) is 35.9 Å². The maximum atomic E-state index is 9.60. The van der Waals surface area contributed by atoms with E-state index in [0.717, 1.165) is 19.4 Å². The van der Waals surface area contributed by atoms with Crippen LogP contribution >= 0.6 is 0 Å². The van der Waals surface area contributed by atoms with Crippen LogP contribution in [0, 0.1) is 23.2 Å². The Morgan fingerprint density at radius 1 is 1.33 bits per heavy atom. The van der Waals surface area contributed by atoms with Crippen molar-refractivity contribution in [2.24, 2.45) is 11.8 Å². The van der Waals surface area contributed by atoms with Gasteiger partial charge in [-0.05, 0) is 23.8 Å². The molecule has 2 heteroatoms. The summed E-state index contributed by atoms with van der Waals surface area (Å²) in [4.78, 5) is 0.